The summed E-state index contributed by atoms with van der Waals surface area (Å²) in [6, 6.07) is 1.09. The second-order valence-corrected chi connectivity index (χ2v) is 4.51. The summed E-state index contributed by atoms with van der Waals surface area (Å²) >= 11 is 0. The molecule has 0 aliphatic carbocycles. The van der Waals surface area contributed by atoms with E-state index in [-0.39, 0.29) is 6.10 Å². The third-order valence-corrected chi connectivity index (χ3v) is 3.08. The molecule has 2 unspecified atom stereocenters. The molecule has 0 bridgehead atoms. The highest BCUT2D eigenvalue weighted by Gasteiger charge is 2.28. The molecule has 0 spiro atoms. The van der Waals surface area contributed by atoms with Gasteiger partial charge < -0.3 is 19.4 Å². The molecule has 1 aliphatic heterocycles. The maximum atomic E-state index is 5.66. The number of nitrogens with zero attached hydrogens (tertiary/aromatic N) is 2. The number of ether oxygens (including phenoxy) is 1. The molecule has 0 radical (unpaired) electrons. The van der Waals surface area contributed by atoms with E-state index >= 15 is 0 Å². The zero-order chi connectivity index (χ0) is 12.3. The molecule has 2 atom stereocenters. The monoisotopic (exact) mass is 239 g/mol. The molecular weight excluding hydrogens is 218 g/mol. The first-order valence-electron chi connectivity index (χ1n) is 6.21. The van der Waals surface area contributed by atoms with Gasteiger partial charge in [-0.1, -0.05) is 6.92 Å². The van der Waals surface area contributed by atoms with E-state index in [1.54, 1.807) is 6.26 Å². The lowest BCUT2D eigenvalue weighted by Gasteiger charge is -2.37. The van der Waals surface area contributed by atoms with Gasteiger partial charge in [-0.25, -0.2) is 0 Å². The molecule has 17 heavy (non-hydrogen) atoms. The van der Waals surface area contributed by atoms with E-state index in [1.807, 2.05) is 7.05 Å². The number of aromatic nitrogens is 1. The Bertz CT molecular complexity index is 353. The van der Waals surface area contributed by atoms with Crippen molar-refractivity contribution in [2.45, 2.75) is 39.0 Å². The van der Waals surface area contributed by atoms with Crippen LogP contribution in [0.25, 0.3) is 0 Å². The SMILES string of the molecule is CCC1COC(C)CN1c1nc(CNC)co1. The predicted molar refractivity (Wildman–Crippen MR) is 66.1 cm³/mol. The molecule has 0 aromatic carbocycles. The highest BCUT2D eigenvalue weighted by molar-refractivity contribution is 5.30. The number of oxazole rings is 1. The highest BCUT2D eigenvalue weighted by Crippen LogP contribution is 2.22. The number of hydrogen-bond donors (Lipinski definition) is 1. The third kappa shape index (κ3) is 2.79. The Kier molecular flexibility index (Phi) is 4.02. The fourth-order valence-electron chi connectivity index (χ4n) is 2.11. The molecule has 2 heterocycles. The van der Waals surface area contributed by atoms with Crippen LogP contribution in [0.3, 0.4) is 0 Å². The fourth-order valence-corrected chi connectivity index (χ4v) is 2.11. The van der Waals surface area contributed by atoms with E-state index < -0.39 is 0 Å². The Morgan fingerprint density at radius 1 is 1.59 bits per heavy atom. The molecular formula is C12H21N3O2. The summed E-state index contributed by atoms with van der Waals surface area (Å²) in [5.74, 6) is 0. The van der Waals surface area contributed by atoms with Crippen LogP contribution in [0.4, 0.5) is 6.01 Å². The fraction of sp³-hybridized carbons (Fsp3) is 0.750. The van der Waals surface area contributed by atoms with Crippen molar-refractivity contribution >= 4 is 6.01 Å². The minimum atomic E-state index is 0.234. The predicted octanol–water partition coefficient (Wildman–Crippen LogP) is 1.40. The summed E-state index contributed by atoms with van der Waals surface area (Å²) < 4.78 is 11.2. The Balaban J connectivity index is 2.11. The summed E-state index contributed by atoms with van der Waals surface area (Å²) in [5.41, 5.74) is 0.941. The van der Waals surface area contributed by atoms with Crippen LogP contribution in [0.15, 0.2) is 10.7 Å². The summed E-state index contributed by atoms with van der Waals surface area (Å²) in [6.07, 6.45) is 2.99. The zero-order valence-corrected chi connectivity index (χ0v) is 10.8. The van der Waals surface area contributed by atoms with Gasteiger partial charge in [-0.3, -0.25) is 0 Å². The van der Waals surface area contributed by atoms with E-state index in [9.17, 15) is 0 Å². The van der Waals surface area contributed by atoms with Crippen molar-refractivity contribution < 1.29 is 9.15 Å². The first kappa shape index (κ1) is 12.4. The molecule has 5 nitrogen and oxygen atoms in total. The number of nitrogens with one attached hydrogen (secondary N) is 1. The molecule has 5 heteroatoms. The second-order valence-electron chi connectivity index (χ2n) is 4.51. The third-order valence-electron chi connectivity index (χ3n) is 3.08. The minimum absolute atomic E-state index is 0.234. The molecule has 1 saturated heterocycles. The number of anilines is 1. The van der Waals surface area contributed by atoms with Crippen molar-refractivity contribution in [3.63, 3.8) is 0 Å². The molecule has 1 N–H and O–H groups in total. The first-order valence-corrected chi connectivity index (χ1v) is 6.21. The maximum absolute atomic E-state index is 5.66. The van der Waals surface area contributed by atoms with Crippen LogP contribution >= 0.6 is 0 Å². The highest BCUT2D eigenvalue weighted by atomic mass is 16.5. The largest absolute Gasteiger partial charge is 0.432 e. The van der Waals surface area contributed by atoms with Crippen molar-refractivity contribution in [2.75, 3.05) is 25.1 Å². The van der Waals surface area contributed by atoms with Crippen LogP contribution in [0, 0.1) is 0 Å². The van der Waals surface area contributed by atoms with Gasteiger partial charge in [-0.15, -0.1) is 0 Å². The van der Waals surface area contributed by atoms with Crippen molar-refractivity contribution in [1.82, 2.24) is 10.3 Å². The van der Waals surface area contributed by atoms with Crippen LogP contribution in [0.1, 0.15) is 26.0 Å². The summed E-state index contributed by atoms with van der Waals surface area (Å²) in [4.78, 5) is 6.71. The van der Waals surface area contributed by atoms with Crippen molar-refractivity contribution in [1.29, 1.82) is 0 Å². The van der Waals surface area contributed by atoms with E-state index in [1.165, 1.54) is 0 Å². The Hall–Kier alpha value is -1.07. The van der Waals surface area contributed by atoms with Gasteiger partial charge in [-0.2, -0.15) is 4.98 Å². The van der Waals surface area contributed by atoms with E-state index in [4.69, 9.17) is 9.15 Å². The van der Waals surface area contributed by atoms with Gasteiger partial charge in [0.05, 0.1) is 24.4 Å². The minimum Gasteiger partial charge on any atom is -0.432 e. The van der Waals surface area contributed by atoms with Gasteiger partial charge in [0.25, 0.3) is 6.01 Å². The lowest BCUT2D eigenvalue weighted by Crippen LogP contribution is -2.48. The van der Waals surface area contributed by atoms with E-state index in [0.29, 0.717) is 6.04 Å². The average molecular weight is 239 g/mol. The standard InChI is InChI=1S/C12H21N3O2/c1-4-11-8-16-9(2)6-15(11)12-14-10(5-13-3)7-17-12/h7,9,11,13H,4-6,8H2,1-3H3. The van der Waals surface area contributed by atoms with Gasteiger partial charge in [0.2, 0.25) is 0 Å². The summed E-state index contributed by atoms with van der Waals surface area (Å²) in [6.45, 7) is 6.57. The Labute approximate surface area is 102 Å². The van der Waals surface area contributed by atoms with Crippen molar-refractivity contribution in [3.05, 3.63) is 12.0 Å². The van der Waals surface area contributed by atoms with Crippen LogP contribution < -0.4 is 10.2 Å². The molecule has 1 aromatic heterocycles. The van der Waals surface area contributed by atoms with Gasteiger partial charge in [0.15, 0.2) is 0 Å². The average Bonchev–Trinajstić information content (AvgIpc) is 2.78. The quantitative estimate of drug-likeness (QED) is 0.860. The maximum Gasteiger partial charge on any atom is 0.297 e. The van der Waals surface area contributed by atoms with Gasteiger partial charge in [0, 0.05) is 13.1 Å². The normalized spacial score (nSPS) is 25.2. The van der Waals surface area contributed by atoms with Gasteiger partial charge >= 0.3 is 0 Å². The number of rotatable bonds is 4. The van der Waals surface area contributed by atoms with Crippen LogP contribution in [-0.4, -0.2) is 37.3 Å². The lowest BCUT2D eigenvalue weighted by molar-refractivity contribution is 0.0278. The smallest absolute Gasteiger partial charge is 0.297 e. The summed E-state index contributed by atoms with van der Waals surface area (Å²) in [7, 11) is 1.90. The zero-order valence-electron chi connectivity index (χ0n) is 10.8. The molecule has 2 rings (SSSR count). The van der Waals surface area contributed by atoms with Crippen molar-refractivity contribution in [3.8, 4) is 0 Å². The molecule has 96 valence electrons. The van der Waals surface area contributed by atoms with Crippen LogP contribution in [0.2, 0.25) is 0 Å². The van der Waals surface area contributed by atoms with E-state index in [0.717, 1.165) is 37.8 Å². The van der Waals surface area contributed by atoms with Crippen LogP contribution in [0.5, 0.6) is 0 Å². The first-order chi connectivity index (χ1) is 8.24. The molecule has 0 amide bonds. The summed E-state index contributed by atoms with van der Waals surface area (Å²) in [5, 5.41) is 3.07. The molecule has 1 aliphatic rings. The number of morpholine rings is 1. The molecule has 1 fully saturated rings. The lowest BCUT2D eigenvalue weighted by atomic mass is 10.1. The molecule has 1 aromatic rings. The van der Waals surface area contributed by atoms with E-state index in [2.05, 4.69) is 29.0 Å². The Morgan fingerprint density at radius 2 is 2.41 bits per heavy atom. The van der Waals surface area contributed by atoms with Crippen molar-refractivity contribution in [2.24, 2.45) is 0 Å². The number of hydrogen-bond acceptors (Lipinski definition) is 5. The second kappa shape index (κ2) is 5.51. The van der Waals surface area contributed by atoms with Crippen LogP contribution in [-0.2, 0) is 11.3 Å². The molecule has 0 saturated carbocycles. The topological polar surface area (TPSA) is 50.5 Å². The van der Waals surface area contributed by atoms with Gasteiger partial charge in [-0.05, 0) is 20.4 Å². The Morgan fingerprint density at radius 3 is 3.12 bits per heavy atom. The van der Waals surface area contributed by atoms with Gasteiger partial charge in [0.1, 0.15) is 6.26 Å².